The van der Waals surface area contributed by atoms with Crippen LogP contribution in [0.2, 0.25) is 5.02 Å². The number of nitrogens with one attached hydrogen (secondary N) is 1. The second-order valence-electron chi connectivity index (χ2n) is 6.06. The summed E-state index contributed by atoms with van der Waals surface area (Å²) in [5.41, 5.74) is 1.00. The highest BCUT2D eigenvalue weighted by atomic mass is 35.5. The van der Waals surface area contributed by atoms with E-state index in [9.17, 15) is 9.59 Å². The molecule has 0 radical (unpaired) electrons. The Bertz CT molecular complexity index is 1020. The van der Waals surface area contributed by atoms with Crippen molar-refractivity contribution in [3.05, 3.63) is 70.5 Å². The van der Waals surface area contributed by atoms with E-state index in [-0.39, 0.29) is 24.0 Å². The molecule has 9 heteroatoms. The molecular weight excluding hydrogens is 412 g/mol. The lowest BCUT2D eigenvalue weighted by Gasteiger charge is -2.07. The lowest BCUT2D eigenvalue weighted by atomic mass is 10.1. The number of thioether (sulfide) groups is 1. The van der Waals surface area contributed by atoms with Crippen LogP contribution in [0, 0.1) is 0 Å². The Morgan fingerprint density at radius 2 is 1.86 bits per heavy atom. The molecule has 0 bridgehead atoms. The molecule has 29 heavy (non-hydrogen) atoms. The summed E-state index contributed by atoms with van der Waals surface area (Å²) in [5, 5.41) is 12.0. The second-order valence-corrected chi connectivity index (χ2v) is 7.41. The molecule has 1 heterocycles. The highest BCUT2D eigenvalue weighted by Crippen LogP contribution is 2.19. The van der Waals surface area contributed by atoms with Gasteiger partial charge in [0.2, 0.25) is 0 Å². The molecule has 1 N–H and O–H groups in total. The summed E-state index contributed by atoms with van der Waals surface area (Å²) in [6.07, 6.45) is 0. The van der Waals surface area contributed by atoms with E-state index in [1.807, 2.05) is 0 Å². The molecule has 0 aliphatic carbocycles. The Hall–Kier alpha value is -2.84. The standard InChI is InChI=1S/C20H19ClN4O3S/c1-25-18(11-22-19(27)15-5-3-4-6-16(15)21)23-24-20(25)29-12-17(26)13-7-9-14(28-2)10-8-13/h3-10H,11-12H2,1-2H3,(H,22,27). The van der Waals surface area contributed by atoms with E-state index >= 15 is 0 Å². The van der Waals surface area contributed by atoms with Crippen LogP contribution in [-0.2, 0) is 13.6 Å². The molecular formula is C20H19ClN4O3S. The third kappa shape index (κ3) is 5.16. The van der Waals surface area contributed by atoms with Crippen LogP contribution >= 0.6 is 23.4 Å². The number of carbonyl (C=O) groups is 2. The normalized spacial score (nSPS) is 10.6. The van der Waals surface area contributed by atoms with E-state index in [1.54, 1.807) is 67.3 Å². The highest BCUT2D eigenvalue weighted by Gasteiger charge is 2.15. The van der Waals surface area contributed by atoms with E-state index in [4.69, 9.17) is 16.3 Å². The van der Waals surface area contributed by atoms with Crippen molar-refractivity contribution in [2.75, 3.05) is 12.9 Å². The van der Waals surface area contributed by atoms with Crippen LogP contribution in [0.25, 0.3) is 0 Å². The first-order valence-electron chi connectivity index (χ1n) is 8.70. The van der Waals surface area contributed by atoms with E-state index < -0.39 is 0 Å². The number of aromatic nitrogens is 3. The van der Waals surface area contributed by atoms with Gasteiger partial charge in [-0.2, -0.15) is 0 Å². The molecule has 7 nitrogen and oxygen atoms in total. The maximum atomic E-state index is 12.4. The Kier molecular flexibility index (Phi) is 6.90. The van der Waals surface area contributed by atoms with Gasteiger partial charge in [-0.25, -0.2) is 0 Å². The molecule has 1 amide bonds. The SMILES string of the molecule is COc1ccc(C(=O)CSc2nnc(CNC(=O)c3ccccc3Cl)n2C)cc1. The van der Waals surface area contributed by atoms with E-state index in [2.05, 4.69) is 15.5 Å². The zero-order valence-corrected chi connectivity index (χ0v) is 17.5. The third-order valence-corrected chi connectivity index (χ3v) is 5.54. The second kappa shape index (κ2) is 9.58. The summed E-state index contributed by atoms with van der Waals surface area (Å²) in [6.45, 7) is 0.195. The number of hydrogen-bond acceptors (Lipinski definition) is 6. The average molecular weight is 431 g/mol. The number of halogens is 1. The van der Waals surface area contributed by atoms with Gasteiger partial charge in [-0.15, -0.1) is 10.2 Å². The fourth-order valence-electron chi connectivity index (χ4n) is 2.51. The quantitative estimate of drug-likeness (QED) is 0.435. The number of nitrogens with zero attached hydrogens (tertiary/aromatic N) is 3. The molecule has 3 rings (SSSR count). The Morgan fingerprint density at radius 3 is 2.55 bits per heavy atom. The molecule has 0 saturated heterocycles. The van der Waals surface area contributed by atoms with Gasteiger partial charge in [0, 0.05) is 12.6 Å². The number of ether oxygens (including phenoxy) is 1. The van der Waals surface area contributed by atoms with Gasteiger partial charge in [0.05, 0.1) is 30.0 Å². The van der Waals surface area contributed by atoms with Crippen LogP contribution in [0.5, 0.6) is 5.75 Å². The number of rotatable bonds is 8. The third-order valence-electron chi connectivity index (χ3n) is 4.19. The summed E-state index contributed by atoms with van der Waals surface area (Å²) >= 11 is 7.33. The first-order valence-corrected chi connectivity index (χ1v) is 10.1. The number of benzene rings is 2. The van der Waals surface area contributed by atoms with Crippen molar-refractivity contribution >= 4 is 35.1 Å². The lowest BCUT2D eigenvalue weighted by Crippen LogP contribution is -2.24. The fraction of sp³-hybridized carbons (Fsp3) is 0.200. The minimum Gasteiger partial charge on any atom is -0.497 e. The van der Waals surface area contributed by atoms with Gasteiger partial charge in [0.25, 0.3) is 5.91 Å². The largest absolute Gasteiger partial charge is 0.497 e. The monoisotopic (exact) mass is 430 g/mol. The Morgan fingerprint density at radius 1 is 1.14 bits per heavy atom. The molecule has 150 valence electrons. The van der Waals surface area contributed by atoms with Crippen LogP contribution in [0.15, 0.2) is 53.7 Å². The van der Waals surface area contributed by atoms with Crippen LogP contribution in [0.4, 0.5) is 0 Å². The minimum absolute atomic E-state index is 0.0192. The molecule has 3 aromatic rings. The van der Waals surface area contributed by atoms with Gasteiger partial charge in [-0.1, -0.05) is 35.5 Å². The maximum absolute atomic E-state index is 12.4. The Balaban J connectivity index is 1.57. The molecule has 0 unspecified atom stereocenters. The minimum atomic E-state index is -0.289. The molecule has 0 spiro atoms. The molecule has 0 aliphatic heterocycles. The molecule has 2 aromatic carbocycles. The van der Waals surface area contributed by atoms with E-state index in [1.165, 1.54) is 11.8 Å². The summed E-state index contributed by atoms with van der Waals surface area (Å²) < 4.78 is 6.84. The van der Waals surface area contributed by atoms with Crippen molar-refractivity contribution in [3.8, 4) is 5.75 Å². The number of Topliss-reactive ketones (excluding diaryl/α,β-unsaturated/α-hetero) is 1. The number of hydrogen-bond donors (Lipinski definition) is 1. The van der Waals surface area contributed by atoms with Crippen molar-refractivity contribution in [1.82, 2.24) is 20.1 Å². The van der Waals surface area contributed by atoms with Crippen molar-refractivity contribution in [3.63, 3.8) is 0 Å². The number of methoxy groups -OCH3 is 1. The van der Waals surface area contributed by atoms with Crippen LogP contribution in [0.3, 0.4) is 0 Å². The van der Waals surface area contributed by atoms with Crippen LogP contribution < -0.4 is 10.1 Å². The number of amides is 1. The molecule has 0 fully saturated rings. The molecule has 0 aliphatic rings. The summed E-state index contributed by atoms with van der Waals surface area (Å²) in [6, 6.07) is 13.8. The number of ketones is 1. The predicted molar refractivity (Wildman–Crippen MR) is 112 cm³/mol. The topological polar surface area (TPSA) is 86.1 Å². The molecule has 0 saturated carbocycles. The lowest BCUT2D eigenvalue weighted by molar-refractivity contribution is 0.0949. The Labute approximate surface area is 177 Å². The van der Waals surface area contributed by atoms with Crippen LogP contribution in [0.1, 0.15) is 26.5 Å². The van der Waals surface area contributed by atoms with Gasteiger partial charge in [0.1, 0.15) is 5.75 Å². The van der Waals surface area contributed by atoms with Crippen LogP contribution in [-0.4, -0.2) is 39.3 Å². The van der Waals surface area contributed by atoms with Gasteiger partial charge >= 0.3 is 0 Å². The predicted octanol–water partition coefficient (Wildman–Crippen LogP) is 3.38. The van der Waals surface area contributed by atoms with Crippen molar-refractivity contribution < 1.29 is 14.3 Å². The van der Waals surface area contributed by atoms with E-state index in [0.29, 0.717) is 32.9 Å². The first-order chi connectivity index (χ1) is 14.0. The summed E-state index contributed by atoms with van der Waals surface area (Å²) in [5.74, 6) is 1.19. The number of carbonyl (C=O) groups excluding carboxylic acids is 2. The summed E-state index contributed by atoms with van der Waals surface area (Å²) in [4.78, 5) is 24.6. The zero-order valence-electron chi connectivity index (χ0n) is 15.9. The fourth-order valence-corrected chi connectivity index (χ4v) is 3.56. The summed E-state index contributed by atoms with van der Waals surface area (Å²) in [7, 11) is 3.37. The van der Waals surface area contributed by atoms with Crippen molar-refractivity contribution in [2.45, 2.75) is 11.7 Å². The van der Waals surface area contributed by atoms with Gasteiger partial charge in [-0.3, -0.25) is 9.59 Å². The van der Waals surface area contributed by atoms with Crippen molar-refractivity contribution in [1.29, 1.82) is 0 Å². The smallest absolute Gasteiger partial charge is 0.253 e. The first kappa shape index (κ1) is 20.9. The van der Waals surface area contributed by atoms with Gasteiger partial charge < -0.3 is 14.6 Å². The molecule has 0 atom stereocenters. The highest BCUT2D eigenvalue weighted by molar-refractivity contribution is 7.99. The van der Waals surface area contributed by atoms with E-state index in [0.717, 1.165) is 0 Å². The average Bonchev–Trinajstić information content (AvgIpc) is 3.10. The van der Waals surface area contributed by atoms with Gasteiger partial charge in [-0.05, 0) is 36.4 Å². The molecule has 1 aromatic heterocycles. The zero-order chi connectivity index (χ0) is 20.8. The maximum Gasteiger partial charge on any atom is 0.253 e. The van der Waals surface area contributed by atoms with Crippen molar-refractivity contribution in [2.24, 2.45) is 7.05 Å². The van der Waals surface area contributed by atoms with Gasteiger partial charge in [0.15, 0.2) is 16.8 Å².